The lowest BCUT2D eigenvalue weighted by Crippen LogP contribution is -2.25. The SMILES string of the molecule is CCCCCc1cc(CCCCC)cc(OC(CC)CS(=O)(=O)O)c1. The van der Waals surface area contributed by atoms with E-state index in [1.807, 2.05) is 19.1 Å². The third-order valence-electron chi connectivity index (χ3n) is 4.32. The smallest absolute Gasteiger partial charge is 0.268 e. The molecule has 0 bridgehead atoms. The normalized spacial score (nSPS) is 13.0. The molecule has 1 aromatic carbocycles. The van der Waals surface area contributed by atoms with Gasteiger partial charge in [0, 0.05) is 0 Å². The van der Waals surface area contributed by atoms with Gasteiger partial charge in [-0.25, -0.2) is 0 Å². The Labute approximate surface area is 153 Å². The van der Waals surface area contributed by atoms with E-state index in [9.17, 15) is 8.42 Å². The third-order valence-corrected chi connectivity index (χ3v) is 5.11. The highest BCUT2D eigenvalue weighted by molar-refractivity contribution is 7.85. The van der Waals surface area contributed by atoms with Crippen molar-refractivity contribution in [3.63, 3.8) is 0 Å². The first-order chi connectivity index (χ1) is 11.9. The van der Waals surface area contributed by atoms with Crippen LogP contribution < -0.4 is 4.74 Å². The molecular weight excluding hydrogens is 336 g/mol. The second-order valence-electron chi connectivity index (χ2n) is 6.80. The largest absolute Gasteiger partial charge is 0.489 e. The predicted octanol–water partition coefficient (Wildman–Crippen LogP) is 5.20. The summed E-state index contributed by atoms with van der Waals surface area (Å²) in [6.45, 7) is 6.25. The molecule has 1 atom stereocenters. The van der Waals surface area contributed by atoms with Crippen LogP contribution in [0.1, 0.15) is 76.8 Å². The maximum atomic E-state index is 11.1. The van der Waals surface area contributed by atoms with Crippen LogP contribution in [0.4, 0.5) is 0 Å². The highest BCUT2D eigenvalue weighted by Crippen LogP contribution is 2.23. The summed E-state index contributed by atoms with van der Waals surface area (Å²) >= 11 is 0. The van der Waals surface area contributed by atoms with Crippen LogP contribution in [-0.2, 0) is 23.0 Å². The van der Waals surface area contributed by atoms with Crippen molar-refractivity contribution in [1.82, 2.24) is 0 Å². The molecule has 0 spiro atoms. The summed E-state index contributed by atoms with van der Waals surface area (Å²) in [7, 11) is -4.04. The molecular formula is C20H34O4S. The summed E-state index contributed by atoms with van der Waals surface area (Å²) in [6.07, 6.45) is 9.12. The van der Waals surface area contributed by atoms with Crippen molar-refractivity contribution in [2.45, 2.75) is 84.7 Å². The first-order valence-electron chi connectivity index (χ1n) is 9.62. The zero-order valence-electron chi connectivity index (χ0n) is 16.0. The van der Waals surface area contributed by atoms with E-state index in [0.29, 0.717) is 6.42 Å². The van der Waals surface area contributed by atoms with Crippen molar-refractivity contribution < 1.29 is 17.7 Å². The van der Waals surface area contributed by atoms with Gasteiger partial charge in [0.15, 0.2) is 0 Å². The summed E-state index contributed by atoms with van der Waals surface area (Å²) in [4.78, 5) is 0. The lowest BCUT2D eigenvalue weighted by atomic mass is 10.0. The van der Waals surface area contributed by atoms with E-state index in [1.54, 1.807) is 0 Å². The number of rotatable bonds is 13. The fourth-order valence-electron chi connectivity index (χ4n) is 2.91. The van der Waals surface area contributed by atoms with Crippen LogP contribution in [0.25, 0.3) is 0 Å². The van der Waals surface area contributed by atoms with Crippen LogP contribution in [-0.4, -0.2) is 24.8 Å². The van der Waals surface area contributed by atoms with Crippen molar-refractivity contribution in [2.24, 2.45) is 0 Å². The Morgan fingerprint density at radius 3 is 1.84 bits per heavy atom. The molecule has 1 rings (SSSR count). The van der Waals surface area contributed by atoms with E-state index < -0.39 is 16.2 Å². The lowest BCUT2D eigenvalue weighted by Gasteiger charge is -2.18. The Balaban J connectivity index is 2.89. The van der Waals surface area contributed by atoms with Gasteiger partial charge in [0.1, 0.15) is 17.6 Å². The van der Waals surface area contributed by atoms with Crippen LogP contribution in [0.15, 0.2) is 18.2 Å². The number of hydrogen-bond acceptors (Lipinski definition) is 3. The molecule has 5 heteroatoms. The van der Waals surface area contributed by atoms with Gasteiger partial charge in [0.2, 0.25) is 0 Å². The quantitative estimate of drug-likeness (QED) is 0.383. The predicted molar refractivity (Wildman–Crippen MR) is 104 cm³/mol. The van der Waals surface area contributed by atoms with E-state index in [4.69, 9.17) is 9.29 Å². The molecule has 0 saturated carbocycles. The molecule has 144 valence electrons. The Morgan fingerprint density at radius 1 is 0.920 bits per heavy atom. The van der Waals surface area contributed by atoms with Gasteiger partial charge in [0.05, 0.1) is 0 Å². The average Bonchev–Trinajstić information content (AvgIpc) is 2.53. The standard InChI is InChI=1S/C20H34O4S/c1-4-7-9-11-17-13-18(12-10-8-5-2)15-20(14-17)24-19(6-3)16-25(21,22)23/h13-15,19H,4-12,16H2,1-3H3,(H,21,22,23). The fraction of sp³-hybridized carbons (Fsp3) is 0.700. The van der Waals surface area contributed by atoms with Crippen molar-refractivity contribution >= 4 is 10.1 Å². The van der Waals surface area contributed by atoms with Gasteiger partial charge in [-0.1, -0.05) is 52.5 Å². The van der Waals surface area contributed by atoms with E-state index in [-0.39, 0.29) is 5.75 Å². The molecule has 1 unspecified atom stereocenters. The maximum absolute atomic E-state index is 11.1. The number of ether oxygens (including phenoxy) is 1. The van der Waals surface area contributed by atoms with Crippen molar-refractivity contribution in [3.8, 4) is 5.75 Å². The highest BCUT2D eigenvalue weighted by Gasteiger charge is 2.17. The van der Waals surface area contributed by atoms with Crippen LogP contribution in [0.2, 0.25) is 0 Å². The average molecular weight is 371 g/mol. The fourth-order valence-corrected chi connectivity index (χ4v) is 3.68. The number of benzene rings is 1. The topological polar surface area (TPSA) is 63.6 Å². The van der Waals surface area contributed by atoms with Crippen LogP contribution in [0.5, 0.6) is 5.75 Å². The number of aryl methyl sites for hydroxylation is 2. The zero-order valence-corrected chi connectivity index (χ0v) is 16.8. The molecule has 25 heavy (non-hydrogen) atoms. The minimum absolute atomic E-state index is 0.366. The molecule has 0 aromatic heterocycles. The summed E-state index contributed by atoms with van der Waals surface area (Å²) in [5.74, 6) is 0.352. The molecule has 0 aliphatic rings. The third kappa shape index (κ3) is 9.85. The second kappa shape index (κ2) is 11.5. The highest BCUT2D eigenvalue weighted by atomic mass is 32.2. The van der Waals surface area contributed by atoms with Gasteiger partial charge < -0.3 is 4.74 Å². The molecule has 0 aliphatic heterocycles. The Bertz CT molecular complexity index is 567. The van der Waals surface area contributed by atoms with Crippen molar-refractivity contribution in [3.05, 3.63) is 29.3 Å². The van der Waals surface area contributed by atoms with Gasteiger partial charge in [-0.15, -0.1) is 0 Å². The Morgan fingerprint density at radius 2 is 1.44 bits per heavy atom. The number of unbranched alkanes of at least 4 members (excludes halogenated alkanes) is 4. The molecule has 1 N–H and O–H groups in total. The van der Waals surface area contributed by atoms with E-state index in [2.05, 4.69) is 19.9 Å². The maximum Gasteiger partial charge on any atom is 0.268 e. The molecule has 1 aromatic rings. The van der Waals surface area contributed by atoms with Gasteiger partial charge in [-0.05, 0) is 55.4 Å². The summed E-state index contributed by atoms with van der Waals surface area (Å²) in [5, 5.41) is 0. The summed E-state index contributed by atoms with van der Waals surface area (Å²) < 4.78 is 37.3. The molecule has 0 amide bonds. The van der Waals surface area contributed by atoms with Crippen LogP contribution >= 0.6 is 0 Å². The van der Waals surface area contributed by atoms with Gasteiger partial charge >= 0.3 is 0 Å². The van der Waals surface area contributed by atoms with Gasteiger partial charge in [-0.3, -0.25) is 4.55 Å². The van der Waals surface area contributed by atoms with Crippen molar-refractivity contribution in [1.29, 1.82) is 0 Å². The first kappa shape index (κ1) is 22.0. The van der Waals surface area contributed by atoms with E-state index >= 15 is 0 Å². The lowest BCUT2D eigenvalue weighted by molar-refractivity contribution is 0.216. The summed E-state index contributed by atoms with van der Waals surface area (Å²) in [5.41, 5.74) is 2.50. The van der Waals surface area contributed by atoms with E-state index in [1.165, 1.54) is 36.8 Å². The number of hydrogen-bond donors (Lipinski definition) is 1. The Kier molecular flexibility index (Phi) is 10.1. The van der Waals surface area contributed by atoms with E-state index in [0.717, 1.165) is 31.4 Å². The van der Waals surface area contributed by atoms with Gasteiger partial charge in [0.25, 0.3) is 10.1 Å². The monoisotopic (exact) mass is 370 g/mol. The minimum atomic E-state index is -4.04. The Hall–Kier alpha value is -1.07. The molecule has 0 heterocycles. The molecule has 0 saturated heterocycles. The zero-order chi connectivity index (χ0) is 18.7. The first-order valence-corrected chi connectivity index (χ1v) is 11.2. The van der Waals surface area contributed by atoms with Crippen LogP contribution in [0, 0.1) is 0 Å². The van der Waals surface area contributed by atoms with Gasteiger partial charge in [-0.2, -0.15) is 8.42 Å². The molecule has 0 radical (unpaired) electrons. The van der Waals surface area contributed by atoms with Crippen LogP contribution in [0.3, 0.4) is 0 Å². The second-order valence-corrected chi connectivity index (χ2v) is 8.29. The summed E-state index contributed by atoms with van der Waals surface area (Å²) in [6, 6.07) is 6.29. The molecule has 0 fully saturated rings. The molecule has 0 aliphatic carbocycles. The van der Waals surface area contributed by atoms with Crippen molar-refractivity contribution in [2.75, 3.05) is 5.75 Å². The molecule has 4 nitrogen and oxygen atoms in total. The minimum Gasteiger partial charge on any atom is -0.489 e.